The van der Waals surface area contributed by atoms with E-state index in [1.807, 2.05) is 7.05 Å². The molecule has 1 saturated heterocycles. The third-order valence-electron chi connectivity index (χ3n) is 3.53. The number of nitrogens with one attached hydrogen (secondary N) is 1. The lowest BCUT2D eigenvalue weighted by molar-refractivity contribution is 0.349. The van der Waals surface area contributed by atoms with Crippen LogP contribution in [0.2, 0.25) is 5.02 Å². The van der Waals surface area contributed by atoms with Crippen molar-refractivity contribution in [2.24, 2.45) is 0 Å². The Morgan fingerprint density at radius 3 is 2.63 bits per heavy atom. The molecular formula is C13H19ClN2O2S. The molecule has 1 aliphatic heterocycles. The third-order valence-corrected chi connectivity index (χ3v) is 5.49. The molecule has 1 heterocycles. The average molecular weight is 303 g/mol. The van der Waals surface area contributed by atoms with Crippen molar-refractivity contribution in [3.8, 4) is 0 Å². The van der Waals surface area contributed by atoms with Crippen LogP contribution in [0.3, 0.4) is 0 Å². The molecule has 1 unspecified atom stereocenters. The molecular weight excluding hydrogens is 284 g/mol. The van der Waals surface area contributed by atoms with Crippen LogP contribution in [0.15, 0.2) is 29.2 Å². The van der Waals surface area contributed by atoms with Gasteiger partial charge in [-0.1, -0.05) is 11.6 Å². The van der Waals surface area contributed by atoms with E-state index in [-0.39, 0.29) is 5.75 Å². The first kappa shape index (κ1) is 14.8. The molecule has 0 amide bonds. The zero-order chi connectivity index (χ0) is 13.9. The minimum Gasteiger partial charge on any atom is -0.316 e. The summed E-state index contributed by atoms with van der Waals surface area (Å²) in [6, 6.07) is 6.84. The highest BCUT2D eigenvalue weighted by molar-refractivity contribution is 7.91. The largest absolute Gasteiger partial charge is 0.316 e. The summed E-state index contributed by atoms with van der Waals surface area (Å²) in [6.07, 6.45) is 1.08. The second-order valence-electron chi connectivity index (χ2n) is 4.85. The van der Waals surface area contributed by atoms with Gasteiger partial charge in [0.1, 0.15) is 0 Å². The van der Waals surface area contributed by atoms with E-state index in [0.29, 0.717) is 22.5 Å². The summed E-state index contributed by atoms with van der Waals surface area (Å²) in [5.74, 6) is 0.158. The standard InChI is InChI=1S/C13H19ClN2O2S/c1-15-12-6-7-16(10-12)8-9-19(17,18)13-4-2-11(14)3-5-13/h2-5,12,15H,6-10H2,1H3. The minimum absolute atomic E-state index is 0.158. The van der Waals surface area contributed by atoms with Crippen LogP contribution in [0.5, 0.6) is 0 Å². The summed E-state index contributed by atoms with van der Waals surface area (Å²) in [4.78, 5) is 2.54. The van der Waals surface area contributed by atoms with E-state index in [1.54, 1.807) is 24.3 Å². The zero-order valence-corrected chi connectivity index (χ0v) is 12.5. The van der Waals surface area contributed by atoms with Crippen LogP contribution in [-0.4, -0.2) is 51.8 Å². The highest BCUT2D eigenvalue weighted by Gasteiger charge is 2.23. The van der Waals surface area contributed by atoms with E-state index in [4.69, 9.17) is 11.6 Å². The molecule has 0 radical (unpaired) electrons. The van der Waals surface area contributed by atoms with Crippen LogP contribution in [0.25, 0.3) is 0 Å². The predicted octanol–water partition coefficient (Wildman–Crippen LogP) is 1.41. The van der Waals surface area contributed by atoms with Crippen molar-refractivity contribution >= 4 is 21.4 Å². The van der Waals surface area contributed by atoms with Crippen molar-refractivity contribution < 1.29 is 8.42 Å². The first-order valence-corrected chi connectivity index (χ1v) is 8.42. The third kappa shape index (κ3) is 3.92. The molecule has 19 heavy (non-hydrogen) atoms. The molecule has 4 nitrogen and oxygen atoms in total. The van der Waals surface area contributed by atoms with Gasteiger partial charge in [0.2, 0.25) is 0 Å². The van der Waals surface area contributed by atoms with Gasteiger partial charge < -0.3 is 10.2 Å². The smallest absolute Gasteiger partial charge is 0.179 e. The topological polar surface area (TPSA) is 49.4 Å². The van der Waals surface area contributed by atoms with Gasteiger partial charge in [-0.3, -0.25) is 0 Å². The SMILES string of the molecule is CNC1CCN(CCS(=O)(=O)c2ccc(Cl)cc2)C1. The Balaban J connectivity index is 1.93. The van der Waals surface area contributed by atoms with Crippen LogP contribution in [0.1, 0.15) is 6.42 Å². The molecule has 0 aromatic heterocycles. The Labute approximate surface area is 119 Å². The van der Waals surface area contributed by atoms with Crippen molar-refractivity contribution in [1.29, 1.82) is 0 Å². The molecule has 0 aliphatic carbocycles. The fourth-order valence-corrected chi connectivity index (χ4v) is 3.69. The van der Waals surface area contributed by atoms with Crippen LogP contribution in [0.4, 0.5) is 0 Å². The molecule has 0 spiro atoms. The number of likely N-dealkylation sites (tertiary alicyclic amines) is 1. The van der Waals surface area contributed by atoms with Crippen molar-refractivity contribution in [1.82, 2.24) is 10.2 Å². The number of nitrogens with zero attached hydrogens (tertiary/aromatic N) is 1. The number of benzene rings is 1. The summed E-state index contributed by atoms with van der Waals surface area (Å²) >= 11 is 5.76. The molecule has 1 aromatic rings. The van der Waals surface area contributed by atoms with Gasteiger partial charge in [-0.15, -0.1) is 0 Å². The van der Waals surface area contributed by atoms with Gasteiger partial charge in [0.25, 0.3) is 0 Å². The number of likely N-dealkylation sites (N-methyl/N-ethyl adjacent to an activating group) is 1. The molecule has 1 atom stereocenters. The molecule has 1 aliphatic rings. The highest BCUT2D eigenvalue weighted by atomic mass is 35.5. The monoisotopic (exact) mass is 302 g/mol. The van der Waals surface area contributed by atoms with Crippen LogP contribution in [-0.2, 0) is 9.84 Å². The molecule has 0 bridgehead atoms. The van der Waals surface area contributed by atoms with Crippen molar-refractivity contribution in [2.75, 3.05) is 32.4 Å². The summed E-state index contributed by atoms with van der Waals surface area (Å²) in [7, 11) is -1.27. The van der Waals surface area contributed by atoms with E-state index in [2.05, 4.69) is 10.2 Å². The molecule has 0 saturated carbocycles. The second kappa shape index (κ2) is 6.22. The van der Waals surface area contributed by atoms with Gasteiger partial charge in [-0.05, 0) is 44.3 Å². The molecule has 1 fully saturated rings. The number of hydrogen-bond acceptors (Lipinski definition) is 4. The number of hydrogen-bond donors (Lipinski definition) is 1. The second-order valence-corrected chi connectivity index (χ2v) is 7.39. The van der Waals surface area contributed by atoms with Gasteiger partial charge in [0.05, 0.1) is 10.6 Å². The Kier molecular flexibility index (Phi) is 4.84. The van der Waals surface area contributed by atoms with E-state index >= 15 is 0 Å². The number of halogens is 1. The van der Waals surface area contributed by atoms with Gasteiger partial charge in [-0.25, -0.2) is 8.42 Å². The number of sulfone groups is 1. The quantitative estimate of drug-likeness (QED) is 0.893. The average Bonchev–Trinajstić information content (AvgIpc) is 2.85. The Morgan fingerprint density at radius 1 is 1.37 bits per heavy atom. The van der Waals surface area contributed by atoms with Crippen molar-refractivity contribution in [3.63, 3.8) is 0 Å². The van der Waals surface area contributed by atoms with Crippen LogP contribution < -0.4 is 5.32 Å². The van der Waals surface area contributed by atoms with E-state index in [9.17, 15) is 8.42 Å². The fraction of sp³-hybridized carbons (Fsp3) is 0.538. The summed E-state index contributed by atoms with van der Waals surface area (Å²) in [5.41, 5.74) is 0. The lowest BCUT2D eigenvalue weighted by Crippen LogP contribution is -2.32. The Morgan fingerprint density at radius 2 is 2.05 bits per heavy atom. The van der Waals surface area contributed by atoms with E-state index < -0.39 is 9.84 Å². The number of rotatable bonds is 5. The first-order valence-electron chi connectivity index (χ1n) is 6.39. The van der Waals surface area contributed by atoms with Crippen molar-refractivity contribution in [3.05, 3.63) is 29.3 Å². The maximum Gasteiger partial charge on any atom is 0.179 e. The minimum atomic E-state index is -3.21. The lowest BCUT2D eigenvalue weighted by Gasteiger charge is -2.15. The highest BCUT2D eigenvalue weighted by Crippen LogP contribution is 2.16. The molecule has 1 N–H and O–H groups in total. The van der Waals surface area contributed by atoms with Gasteiger partial charge in [0.15, 0.2) is 9.84 Å². The summed E-state index contributed by atoms with van der Waals surface area (Å²) in [6.45, 7) is 2.47. The lowest BCUT2D eigenvalue weighted by atomic mass is 10.3. The zero-order valence-electron chi connectivity index (χ0n) is 11.0. The summed E-state index contributed by atoms with van der Waals surface area (Å²) in [5, 5.41) is 3.77. The maximum absolute atomic E-state index is 12.2. The van der Waals surface area contributed by atoms with Gasteiger partial charge in [0, 0.05) is 24.2 Å². The van der Waals surface area contributed by atoms with E-state index in [0.717, 1.165) is 19.5 Å². The van der Waals surface area contributed by atoms with Gasteiger partial charge in [-0.2, -0.15) is 0 Å². The predicted molar refractivity (Wildman–Crippen MR) is 77.4 cm³/mol. The normalized spacial score (nSPS) is 20.8. The molecule has 1 aromatic carbocycles. The summed E-state index contributed by atoms with van der Waals surface area (Å²) < 4.78 is 24.3. The Bertz CT molecular complexity index is 516. The first-order chi connectivity index (χ1) is 9.01. The molecule has 6 heteroatoms. The maximum atomic E-state index is 12.2. The molecule has 2 rings (SSSR count). The van der Waals surface area contributed by atoms with Crippen LogP contribution >= 0.6 is 11.6 Å². The Hall–Kier alpha value is -0.620. The van der Waals surface area contributed by atoms with E-state index in [1.165, 1.54) is 0 Å². The molecule has 106 valence electrons. The van der Waals surface area contributed by atoms with Gasteiger partial charge >= 0.3 is 0 Å². The van der Waals surface area contributed by atoms with Crippen molar-refractivity contribution in [2.45, 2.75) is 17.4 Å². The van der Waals surface area contributed by atoms with Crippen LogP contribution in [0, 0.1) is 0 Å². The fourth-order valence-electron chi connectivity index (χ4n) is 2.28.